The van der Waals surface area contributed by atoms with Crippen LogP contribution in [-0.2, 0) is 4.79 Å². The van der Waals surface area contributed by atoms with Gasteiger partial charge in [-0.25, -0.2) is 9.78 Å². The van der Waals surface area contributed by atoms with E-state index < -0.39 is 12.0 Å². The van der Waals surface area contributed by atoms with E-state index in [1.54, 1.807) is 11.7 Å². The predicted molar refractivity (Wildman–Crippen MR) is 88.7 cm³/mol. The van der Waals surface area contributed by atoms with Gasteiger partial charge < -0.3 is 14.4 Å². The quantitative estimate of drug-likeness (QED) is 0.779. The number of nitrogens with zero attached hydrogens (tertiary/aromatic N) is 2. The van der Waals surface area contributed by atoms with Crippen molar-refractivity contribution < 1.29 is 14.6 Å². The number of imidazole rings is 1. The monoisotopic (exact) mass is 310 g/mol. The minimum absolute atomic E-state index is 0.485. The maximum atomic E-state index is 11.7. The molecule has 23 heavy (non-hydrogen) atoms. The molecule has 0 aliphatic rings. The van der Waals surface area contributed by atoms with Crippen molar-refractivity contribution >= 4 is 17.0 Å². The van der Waals surface area contributed by atoms with Gasteiger partial charge in [0.05, 0.1) is 18.1 Å². The number of carbonyl (C=O) groups is 1. The van der Waals surface area contributed by atoms with Crippen molar-refractivity contribution in [1.82, 2.24) is 9.55 Å². The summed E-state index contributed by atoms with van der Waals surface area (Å²) in [6, 6.07) is 14.4. The summed E-state index contributed by atoms with van der Waals surface area (Å²) in [5.41, 5.74) is 2.48. The van der Waals surface area contributed by atoms with Crippen LogP contribution in [0.1, 0.15) is 19.4 Å². The minimum atomic E-state index is -0.856. The molecule has 0 aliphatic carbocycles. The maximum absolute atomic E-state index is 11.7. The molecule has 5 nitrogen and oxygen atoms in total. The molecule has 1 atom stereocenters. The Morgan fingerprint density at radius 1 is 1.22 bits per heavy atom. The van der Waals surface area contributed by atoms with E-state index in [1.165, 1.54) is 0 Å². The number of carboxylic acids is 1. The zero-order valence-corrected chi connectivity index (χ0v) is 13.1. The average Bonchev–Trinajstić information content (AvgIpc) is 2.95. The van der Waals surface area contributed by atoms with Gasteiger partial charge in [0.15, 0.2) is 0 Å². The largest absolute Gasteiger partial charge is 0.497 e. The molecule has 3 rings (SSSR count). The molecule has 2 aromatic carbocycles. The van der Waals surface area contributed by atoms with Crippen LogP contribution in [0.2, 0.25) is 0 Å². The highest BCUT2D eigenvalue weighted by molar-refractivity contribution is 5.84. The Labute approximate surface area is 134 Å². The van der Waals surface area contributed by atoms with Crippen molar-refractivity contribution in [3.8, 4) is 17.1 Å². The van der Waals surface area contributed by atoms with E-state index in [9.17, 15) is 9.90 Å². The smallest absolute Gasteiger partial charge is 0.326 e. The summed E-state index contributed by atoms with van der Waals surface area (Å²) in [5, 5.41) is 9.59. The normalized spacial score (nSPS) is 12.3. The van der Waals surface area contributed by atoms with Gasteiger partial charge >= 0.3 is 5.97 Å². The van der Waals surface area contributed by atoms with E-state index in [0.717, 1.165) is 22.3 Å². The van der Waals surface area contributed by atoms with Crippen LogP contribution in [0, 0.1) is 0 Å². The van der Waals surface area contributed by atoms with Crippen molar-refractivity contribution in [2.24, 2.45) is 0 Å². The van der Waals surface area contributed by atoms with E-state index in [1.807, 2.05) is 55.5 Å². The SMILES string of the molecule is CCC(C(=O)O)n1c(-c2ccc(OC)cc2)nc2ccccc21. The van der Waals surface area contributed by atoms with Crippen LogP contribution >= 0.6 is 0 Å². The molecule has 0 bridgehead atoms. The Balaban J connectivity index is 2.24. The molecule has 0 aliphatic heterocycles. The molecule has 0 saturated carbocycles. The summed E-state index contributed by atoms with van der Waals surface area (Å²) < 4.78 is 6.98. The van der Waals surface area contributed by atoms with E-state index in [2.05, 4.69) is 4.98 Å². The molecular formula is C18H18N2O3. The number of para-hydroxylation sites is 2. The second-order valence-corrected chi connectivity index (χ2v) is 5.28. The Hall–Kier alpha value is -2.82. The van der Waals surface area contributed by atoms with Gasteiger partial charge in [0.1, 0.15) is 17.6 Å². The first-order valence-corrected chi connectivity index (χ1v) is 7.50. The average molecular weight is 310 g/mol. The van der Waals surface area contributed by atoms with Crippen molar-refractivity contribution in [3.05, 3.63) is 48.5 Å². The van der Waals surface area contributed by atoms with Gasteiger partial charge in [0, 0.05) is 5.56 Å². The molecule has 3 aromatic rings. The summed E-state index contributed by atoms with van der Waals surface area (Å²) in [6.45, 7) is 1.87. The number of aromatic nitrogens is 2. The third-order valence-electron chi connectivity index (χ3n) is 3.93. The molecule has 1 N–H and O–H groups in total. The number of rotatable bonds is 5. The van der Waals surface area contributed by atoms with E-state index in [0.29, 0.717) is 12.2 Å². The van der Waals surface area contributed by atoms with Gasteiger partial charge in [0.25, 0.3) is 0 Å². The number of fused-ring (bicyclic) bond motifs is 1. The topological polar surface area (TPSA) is 64.3 Å². The van der Waals surface area contributed by atoms with Crippen LogP contribution < -0.4 is 4.74 Å². The lowest BCUT2D eigenvalue weighted by Crippen LogP contribution is -2.19. The molecule has 0 amide bonds. The highest BCUT2D eigenvalue weighted by atomic mass is 16.5. The Bertz CT molecular complexity index is 837. The summed E-state index contributed by atoms with van der Waals surface area (Å²) in [5.74, 6) is 0.551. The van der Waals surface area contributed by atoms with Crippen molar-refractivity contribution in [2.75, 3.05) is 7.11 Å². The van der Waals surface area contributed by atoms with Gasteiger partial charge in [0.2, 0.25) is 0 Å². The van der Waals surface area contributed by atoms with E-state index >= 15 is 0 Å². The highest BCUT2D eigenvalue weighted by Gasteiger charge is 2.24. The second kappa shape index (κ2) is 6.12. The van der Waals surface area contributed by atoms with Crippen LogP contribution in [-0.4, -0.2) is 27.7 Å². The van der Waals surface area contributed by atoms with Crippen LogP contribution in [0.4, 0.5) is 0 Å². The van der Waals surface area contributed by atoms with Gasteiger partial charge in [-0.15, -0.1) is 0 Å². The Morgan fingerprint density at radius 2 is 1.91 bits per heavy atom. The standard InChI is InChI=1S/C18H18N2O3/c1-3-15(18(21)22)20-16-7-5-4-6-14(16)19-17(20)12-8-10-13(23-2)11-9-12/h4-11,15H,3H2,1-2H3,(H,21,22). The van der Waals surface area contributed by atoms with Gasteiger partial charge in [-0.3, -0.25) is 0 Å². The van der Waals surface area contributed by atoms with E-state index in [-0.39, 0.29) is 0 Å². The number of benzene rings is 2. The molecule has 0 spiro atoms. The Morgan fingerprint density at radius 3 is 2.52 bits per heavy atom. The first kappa shape index (κ1) is 15.1. The van der Waals surface area contributed by atoms with E-state index in [4.69, 9.17) is 4.74 Å². The fraction of sp³-hybridized carbons (Fsp3) is 0.222. The lowest BCUT2D eigenvalue weighted by molar-refractivity contribution is -0.140. The minimum Gasteiger partial charge on any atom is -0.497 e. The third-order valence-corrected chi connectivity index (χ3v) is 3.93. The molecular weight excluding hydrogens is 292 g/mol. The predicted octanol–water partition coefficient (Wildman–Crippen LogP) is 3.75. The molecule has 1 aromatic heterocycles. The number of hydrogen-bond acceptors (Lipinski definition) is 3. The van der Waals surface area contributed by atoms with Crippen molar-refractivity contribution in [2.45, 2.75) is 19.4 Å². The number of hydrogen-bond donors (Lipinski definition) is 1. The maximum Gasteiger partial charge on any atom is 0.326 e. The zero-order valence-electron chi connectivity index (χ0n) is 13.1. The van der Waals surface area contributed by atoms with Gasteiger partial charge in [-0.05, 0) is 42.8 Å². The Kier molecular flexibility index (Phi) is 4.02. The molecule has 1 unspecified atom stereocenters. The number of ether oxygens (including phenoxy) is 1. The highest BCUT2D eigenvalue weighted by Crippen LogP contribution is 2.30. The molecule has 0 saturated heterocycles. The summed E-state index contributed by atoms with van der Waals surface area (Å²) >= 11 is 0. The third kappa shape index (κ3) is 2.65. The zero-order chi connectivity index (χ0) is 16.4. The lowest BCUT2D eigenvalue weighted by atomic mass is 10.1. The van der Waals surface area contributed by atoms with Gasteiger partial charge in [-0.2, -0.15) is 0 Å². The van der Waals surface area contributed by atoms with Crippen LogP contribution in [0.5, 0.6) is 5.75 Å². The molecule has 1 heterocycles. The summed E-state index contributed by atoms with van der Waals surface area (Å²) in [4.78, 5) is 16.3. The molecule has 0 radical (unpaired) electrons. The van der Waals surface area contributed by atoms with Crippen LogP contribution in [0.25, 0.3) is 22.4 Å². The summed E-state index contributed by atoms with van der Waals surface area (Å²) in [6.07, 6.45) is 0.485. The number of carboxylic acid groups (broad SMARTS) is 1. The fourth-order valence-electron chi connectivity index (χ4n) is 2.77. The fourth-order valence-corrected chi connectivity index (χ4v) is 2.77. The van der Waals surface area contributed by atoms with Crippen molar-refractivity contribution in [3.63, 3.8) is 0 Å². The first-order valence-electron chi connectivity index (χ1n) is 7.50. The first-order chi connectivity index (χ1) is 11.2. The molecule has 118 valence electrons. The van der Waals surface area contributed by atoms with Crippen molar-refractivity contribution in [1.29, 1.82) is 0 Å². The number of methoxy groups -OCH3 is 1. The van der Waals surface area contributed by atoms with Crippen LogP contribution in [0.3, 0.4) is 0 Å². The van der Waals surface area contributed by atoms with Crippen LogP contribution in [0.15, 0.2) is 48.5 Å². The second-order valence-electron chi connectivity index (χ2n) is 5.28. The lowest BCUT2D eigenvalue weighted by Gasteiger charge is -2.16. The molecule has 0 fully saturated rings. The van der Waals surface area contributed by atoms with Gasteiger partial charge in [-0.1, -0.05) is 19.1 Å². The summed E-state index contributed by atoms with van der Waals surface area (Å²) in [7, 11) is 1.61. The molecule has 5 heteroatoms. The number of aliphatic carboxylic acids is 1.